The number of ether oxygens (including phenoxy) is 1. The van der Waals surface area contributed by atoms with Gasteiger partial charge in [0.15, 0.2) is 0 Å². The molecule has 3 heterocycles. The summed E-state index contributed by atoms with van der Waals surface area (Å²) in [7, 11) is 2.17. The van der Waals surface area contributed by atoms with Gasteiger partial charge >= 0.3 is 0 Å². The predicted molar refractivity (Wildman–Crippen MR) is 101 cm³/mol. The summed E-state index contributed by atoms with van der Waals surface area (Å²) in [6.07, 6.45) is 4.37. The molecule has 3 fully saturated rings. The van der Waals surface area contributed by atoms with Crippen LogP contribution in [0.15, 0.2) is 18.2 Å². The minimum Gasteiger partial charge on any atom is -0.489 e. The molecule has 4 aliphatic rings. The number of imide groups is 1. The third-order valence-electron chi connectivity index (χ3n) is 6.83. The molecule has 5 rings (SSSR count). The summed E-state index contributed by atoms with van der Waals surface area (Å²) in [6, 6.07) is 5.53. The van der Waals surface area contributed by atoms with Crippen molar-refractivity contribution in [1.82, 2.24) is 15.1 Å². The molecule has 0 aromatic heterocycles. The summed E-state index contributed by atoms with van der Waals surface area (Å²) < 4.78 is 6.34. The van der Waals surface area contributed by atoms with Crippen LogP contribution < -0.4 is 10.1 Å². The minimum absolute atomic E-state index is 0.146. The molecule has 1 aliphatic carbocycles. The lowest BCUT2D eigenvalue weighted by Gasteiger charge is -2.29. The number of hydrogen-bond donors (Lipinski definition) is 1. The summed E-state index contributed by atoms with van der Waals surface area (Å²) in [5.41, 5.74) is 1.51. The fourth-order valence-corrected chi connectivity index (χ4v) is 5.43. The molecule has 1 aromatic rings. The van der Waals surface area contributed by atoms with Crippen molar-refractivity contribution in [3.63, 3.8) is 0 Å². The topological polar surface area (TPSA) is 79.0 Å². The van der Waals surface area contributed by atoms with Crippen LogP contribution in [0.4, 0.5) is 0 Å². The van der Waals surface area contributed by atoms with E-state index in [0.29, 0.717) is 24.6 Å². The summed E-state index contributed by atoms with van der Waals surface area (Å²) in [5, 5.41) is 2.34. The third-order valence-corrected chi connectivity index (χ3v) is 6.83. The normalized spacial score (nSPS) is 32.5. The Hall–Kier alpha value is -2.41. The number of amides is 3. The molecular weight excluding hydrogens is 358 g/mol. The van der Waals surface area contributed by atoms with Gasteiger partial charge in [-0.05, 0) is 69.0 Å². The monoisotopic (exact) mass is 383 g/mol. The van der Waals surface area contributed by atoms with E-state index in [1.54, 1.807) is 4.90 Å². The Morgan fingerprint density at radius 1 is 1.11 bits per heavy atom. The highest BCUT2D eigenvalue weighted by Gasteiger charge is 2.44. The Morgan fingerprint density at radius 3 is 2.79 bits per heavy atom. The first kappa shape index (κ1) is 17.7. The number of fused-ring (bicyclic) bond motifs is 2. The van der Waals surface area contributed by atoms with Crippen molar-refractivity contribution < 1.29 is 19.1 Å². The lowest BCUT2D eigenvalue weighted by Crippen LogP contribution is -2.52. The van der Waals surface area contributed by atoms with Gasteiger partial charge in [-0.1, -0.05) is 0 Å². The summed E-state index contributed by atoms with van der Waals surface area (Å²) in [5.74, 6) is 0.729. The van der Waals surface area contributed by atoms with Gasteiger partial charge in [-0.25, -0.2) is 0 Å². The first-order valence-electron chi connectivity index (χ1n) is 10.2. The van der Waals surface area contributed by atoms with Crippen LogP contribution in [0, 0.1) is 5.92 Å². The smallest absolute Gasteiger partial charge is 0.255 e. The second-order valence-corrected chi connectivity index (χ2v) is 8.47. The third kappa shape index (κ3) is 2.80. The highest BCUT2D eigenvalue weighted by molar-refractivity contribution is 6.05. The van der Waals surface area contributed by atoms with Gasteiger partial charge in [0.2, 0.25) is 11.8 Å². The zero-order valence-corrected chi connectivity index (χ0v) is 16.0. The van der Waals surface area contributed by atoms with Crippen molar-refractivity contribution in [2.75, 3.05) is 13.6 Å². The Labute approximate surface area is 164 Å². The number of likely N-dealkylation sites (tertiary alicyclic amines) is 1. The molecule has 7 nitrogen and oxygen atoms in total. The molecule has 1 N–H and O–H groups in total. The fourth-order valence-electron chi connectivity index (χ4n) is 5.43. The number of carbonyl (C=O) groups is 3. The van der Waals surface area contributed by atoms with Crippen LogP contribution in [0.5, 0.6) is 5.75 Å². The summed E-state index contributed by atoms with van der Waals surface area (Å²) in [4.78, 5) is 40.3. The molecule has 1 aromatic carbocycles. The predicted octanol–water partition coefficient (Wildman–Crippen LogP) is 1.31. The van der Waals surface area contributed by atoms with Crippen LogP contribution >= 0.6 is 0 Å². The Bertz CT molecular complexity index is 854. The first-order valence-corrected chi connectivity index (χ1v) is 10.2. The summed E-state index contributed by atoms with van der Waals surface area (Å²) >= 11 is 0. The molecule has 1 saturated carbocycles. The number of carbonyl (C=O) groups excluding carboxylic acids is 3. The molecule has 4 atom stereocenters. The van der Waals surface area contributed by atoms with E-state index >= 15 is 0 Å². The van der Waals surface area contributed by atoms with E-state index in [4.69, 9.17) is 4.74 Å². The van der Waals surface area contributed by atoms with E-state index in [0.717, 1.165) is 30.2 Å². The zero-order chi connectivity index (χ0) is 19.4. The molecule has 0 radical (unpaired) electrons. The van der Waals surface area contributed by atoms with Crippen LogP contribution in [0.2, 0.25) is 0 Å². The van der Waals surface area contributed by atoms with E-state index < -0.39 is 6.04 Å². The van der Waals surface area contributed by atoms with Gasteiger partial charge in [0.25, 0.3) is 5.91 Å². The van der Waals surface area contributed by atoms with Crippen LogP contribution in [0.3, 0.4) is 0 Å². The Kier molecular flexibility index (Phi) is 4.16. The van der Waals surface area contributed by atoms with Gasteiger partial charge in [-0.2, -0.15) is 0 Å². The first-order chi connectivity index (χ1) is 13.5. The average Bonchev–Trinajstić information content (AvgIpc) is 3.32. The summed E-state index contributed by atoms with van der Waals surface area (Å²) in [6.45, 7) is 1.52. The van der Waals surface area contributed by atoms with Crippen molar-refractivity contribution in [2.45, 2.75) is 56.8 Å². The molecule has 0 unspecified atom stereocenters. The molecule has 28 heavy (non-hydrogen) atoms. The van der Waals surface area contributed by atoms with Gasteiger partial charge in [0.05, 0.1) is 0 Å². The second-order valence-electron chi connectivity index (χ2n) is 8.47. The van der Waals surface area contributed by atoms with Crippen molar-refractivity contribution in [2.24, 2.45) is 5.92 Å². The molecule has 2 saturated heterocycles. The Morgan fingerprint density at radius 2 is 1.96 bits per heavy atom. The number of benzene rings is 1. The highest BCUT2D eigenvalue weighted by atomic mass is 16.5. The van der Waals surface area contributed by atoms with E-state index in [1.165, 1.54) is 12.8 Å². The number of piperidine rings is 1. The largest absolute Gasteiger partial charge is 0.489 e. The quantitative estimate of drug-likeness (QED) is 0.797. The molecule has 7 heteroatoms. The van der Waals surface area contributed by atoms with Crippen LogP contribution in [-0.2, 0) is 16.1 Å². The lowest BCUT2D eigenvalue weighted by molar-refractivity contribution is -0.136. The second kappa shape index (κ2) is 6.58. The van der Waals surface area contributed by atoms with E-state index in [-0.39, 0.29) is 30.2 Å². The maximum absolute atomic E-state index is 12.8. The number of nitrogens with one attached hydrogen (secondary N) is 1. The standard InChI is InChI=1S/C21H25N3O4/c1-23-9-8-12-2-6-17(19(12)23)28-14-3-4-15-13(10-14)11-24(21(15)27)16-5-7-18(25)22-20(16)26/h3-4,10,12,16-17,19H,2,5-9,11H2,1H3,(H,22,25,26)/t12-,16-,17+,19+/m1/s1. The molecule has 3 amide bonds. The van der Waals surface area contributed by atoms with Gasteiger partial charge in [0, 0.05) is 24.6 Å². The van der Waals surface area contributed by atoms with Crippen LogP contribution in [0.1, 0.15) is 48.0 Å². The molecule has 3 aliphatic heterocycles. The SMILES string of the molecule is CN1CC[C@H]2CC[C@H](Oc3ccc4c(c3)CN([C@@H]3CCC(=O)NC3=O)C4=O)[C@H]21. The van der Waals surface area contributed by atoms with Crippen molar-refractivity contribution in [3.8, 4) is 5.75 Å². The van der Waals surface area contributed by atoms with Crippen LogP contribution in [-0.4, -0.2) is 59.3 Å². The van der Waals surface area contributed by atoms with Gasteiger partial charge in [-0.15, -0.1) is 0 Å². The van der Waals surface area contributed by atoms with Crippen molar-refractivity contribution >= 4 is 17.7 Å². The van der Waals surface area contributed by atoms with Crippen LogP contribution in [0.25, 0.3) is 0 Å². The number of likely N-dealkylation sites (N-methyl/N-ethyl adjacent to an activating group) is 1. The Balaban J connectivity index is 1.32. The molecular formula is C21H25N3O4. The molecule has 0 bridgehead atoms. The maximum atomic E-state index is 12.8. The number of hydrogen-bond acceptors (Lipinski definition) is 5. The number of nitrogens with zero attached hydrogens (tertiary/aromatic N) is 2. The van der Waals surface area contributed by atoms with Crippen molar-refractivity contribution in [1.29, 1.82) is 0 Å². The average molecular weight is 383 g/mol. The van der Waals surface area contributed by atoms with Gasteiger partial charge in [0.1, 0.15) is 17.9 Å². The molecule has 0 spiro atoms. The lowest BCUT2D eigenvalue weighted by atomic mass is 10.0. The minimum atomic E-state index is -0.579. The zero-order valence-electron chi connectivity index (χ0n) is 16.0. The van der Waals surface area contributed by atoms with E-state index in [2.05, 4.69) is 17.3 Å². The van der Waals surface area contributed by atoms with Crippen molar-refractivity contribution in [3.05, 3.63) is 29.3 Å². The molecule has 148 valence electrons. The fraction of sp³-hybridized carbons (Fsp3) is 0.571. The van der Waals surface area contributed by atoms with Gasteiger partial charge < -0.3 is 9.64 Å². The van der Waals surface area contributed by atoms with E-state index in [1.807, 2.05) is 18.2 Å². The van der Waals surface area contributed by atoms with E-state index in [9.17, 15) is 14.4 Å². The highest BCUT2D eigenvalue weighted by Crippen LogP contribution is 2.39. The maximum Gasteiger partial charge on any atom is 0.255 e. The van der Waals surface area contributed by atoms with Gasteiger partial charge in [-0.3, -0.25) is 24.6 Å². The number of rotatable bonds is 3.